The summed E-state index contributed by atoms with van der Waals surface area (Å²) in [5.41, 5.74) is 0. The first-order valence-corrected chi connectivity index (χ1v) is 7.99. The highest BCUT2D eigenvalue weighted by Gasteiger charge is 2.32. The lowest BCUT2D eigenvalue weighted by atomic mass is 10.1. The molecule has 2 rings (SSSR count). The third-order valence-corrected chi connectivity index (χ3v) is 4.09. The summed E-state index contributed by atoms with van der Waals surface area (Å²) < 4.78 is 4.97. The van der Waals surface area contributed by atoms with Gasteiger partial charge in [0, 0.05) is 32.1 Å². The number of hydrogen-bond donors (Lipinski definition) is 1. The monoisotopic (exact) mass is 311 g/mol. The van der Waals surface area contributed by atoms with Crippen molar-refractivity contribution in [3.05, 3.63) is 0 Å². The molecule has 3 amide bonds. The highest BCUT2D eigenvalue weighted by Crippen LogP contribution is 2.26. The summed E-state index contributed by atoms with van der Waals surface area (Å²) >= 11 is 0. The molecule has 0 aromatic carbocycles. The van der Waals surface area contributed by atoms with Crippen molar-refractivity contribution in [2.24, 2.45) is 0 Å². The van der Waals surface area contributed by atoms with Crippen LogP contribution in [0.4, 0.5) is 4.79 Å². The maximum Gasteiger partial charge on any atom is 0.409 e. The van der Waals surface area contributed by atoms with Gasteiger partial charge in [-0.25, -0.2) is 4.79 Å². The lowest BCUT2D eigenvalue weighted by molar-refractivity contribution is -0.135. The SMILES string of the molecule is CCOC(=O)N1CCC(NC(=O)CN(C(C)=O)C2CC2)CC1. The number of hydrogen-bond acceptors (Lipinski definition) is 4. The van der Waals surface area contributed by atoms with Gasteiger partial charge in [-0.1, -0.05) is 0 Å². The van der Waals surface area contributed by atoms with Crippen LogP contribution in [0.15, 0.2) is 0 Å². The van der Waals surface area contributed by atoms with E-state index in [0.717, 1.165) is 12.8 Å². The number of rotatable bonds is 5. The molecule has 0 radical (unpaired) electrons. The normalized spacial score (nSPS) is 18.7. The van der Waals surface area contributed by atoms with E-state index in [2.05, 4.69) is 5.32 Å². The fourth-order valence-corrected chi connectivity index (χ4v) is 2.73. The van der Waals surface area contributed by atoms with Crippen LogP contribution in [-0.2, 0) is 14.3 Å². The van der Waals surface area contributed by atoms with Gasteiger partial charge in [0.05, 0.1) is 13.2 Å². The van der Waals surface area contributed by atoms with Crippen molar-refractivity contribution in [3.63, 3.8) is 0 Å². The van der Waals surface area contributed by atoms with E-state index in [-0.39, 0.29) is 36.5 Å². The minimum Gasteiger partial charge on any atom is -0.450 e. The molecule has 1 saturated carbocycles. The fourth-order valence-electron chi connectivity index (χ4n) is 2.73. The molecular formula is C15H25N3O4. The minimum atomic E-state index is -0.288. The van der Waals surface area contributed by atoms with Crippen LogP contribution in [0.2, 0.25) is 0 Å². The molecular weight excluding hydrogens is 286 g/mol. The number of piperidine rings is 1. The summed E-state index contributed by atoms with van der Waals surface area (Å²) in [6, 6.07) is 0.306. The Kier molecular flexibility index (Phi) is 5.63. The predicted molar refractivity (Wildman–Crippen MR) is 80.2 cm³/mol. The zero-order valence-electron chi connectivity index (χ0n) is 13.3. The average Bonchev–Trinajstić information content (AvgIpc) is 3.30. The Hall–Kier alpha value is -1.79. The highest BCUT2D eigenvalue weighted by molar-refractivity contribution is 5.84. The van der Waals surface area contributed by atoms with Gasteiger partial charge in [-0.3, -0.25) is 9.59 Å². The van der Waals surface area contributed by atoms with E-state index in [9.17, 15) is 14.4 Å². The van der Waals surface area contributed by atoms with Crippen LogP contribution >= 0.6 is 0 Å². The number of ether oxygens (including phenoxy) is 1. The topological polar surface area (TPSA) is 79.0 Å². The molecule has 0 aromatic rings. The van der Waals surface area contributed by atoms with Gasteiger partial charge in [-0.05, 0) is 32.6 Å². The Morgan fingerprint density at radius 3 is 2.32 bits per heavy atom. The third-order valence-electron chi connectivity index (χ3n) is 4.09. The van der Waals surface area contributed by atoms with Gasteiger partial charge in [0.2, 0.25) is 11.8 Å². The summed E-state index contributed by atoms with van der Waals surface area (Å²) in [5, 5.41) is 2.97. The minimum absolute atomic E-state index is 0.0465. The van der Waals surface area contributed by atoms with E-state index in [0.29, 0.717) is 32.5 Å². The van der Waals surface area contributed by atoms with Gasteiger partial charge in [-0.15, -0.1) is 0 Å². The standard InChI is InChI=1S/C15H25N3O4/c1-3-22-15(21)17-8-6-12(7-9-17)16-14(20)10-18(11(2)19)13-4-5-13/h12-13H,3-10H2,1-2H3,(H,16,20). The van der Waals surface area contributed by atoms with Gasteiger partial charge in [0.1, 0.15) is 0 Å². The molecule has 0 unspecified atom stereocenters. The molecule has 1 N–H and O–H groups in total. The Bertz CT molecular complexity index is 429. The van der Waals surface area contributed by atoms with Crippen LogP contribution in [0.1, 0.15) is 39.5 Å². The van der Waals surface area contributed by atoms with Gasteiger partial charge in [0.25, 0.3) is 0 Å². The number of amides is 3. The zero-order valence-corrected chi connectivity index (χ0v) is 13.3. The molecule has 2 fully saturated rings. The second kappa shape index (κ2) is 7.47. The lowest BCUT2D eigenvalue weighted by Gasteiger charge is -2.32. The van der Waals surface area contributed by atoms with Crippen molar-refractivity contribution in [3.8, 4) is 0 Å². The van der Waals surface area contributed by atoms with E-state index in [4.69, 9.17) is 4.74 Å². The molecule has 0 atom stereocenters. The maximum absolute atomic E-state index is 12.1. The number of likely N-dealkylation sites (tertiary alicyclic amines) is 1. The zero-order chi connectivity index (χ0) is 16.1. The first-order valence-electron chi connectivity index (χ1n) is 7.99. The second-order valence-corrected chi connectivity index (χ2v) is 5.91. The van der Waals surface area contributed by atoms with Crippen LogP contribution in [-0.4, -0.2) is 66.0 Å². The van der Waals surface area contributed by atoms with Gasteiger partial charge in [0.15, 0.2) is 0 Å². The van der Waals surface area contributed by atoms with E-state index < -0.39 is 0 Å². The number of nitrogens with zero attached hydrogens (tertiary/aromatic N) is 2. The lowest BCUT2D eigenvalue weighted by Crippen LogP contribution is -2.49. The number of carbonyl (C=O) groups excluding carboxylic acids is 3. The Labute approximate surface area is 131 Å². The molecule has 22 heavy (non-hydrogen) atoms. The summed E-state index contributed by atoms with van der Waals surface area (Å²) in [6.45, 7) is 4.97. The summed E-state index contributed by atoms with van der Waals surface area (Å²) in [4.78, 5) is 38.5. The molecule has 1 heterocycles. The van der Waals surface area contributed by atoms with Crippen LogP contribution < -0.4 is 5.32 Å². The van der Waals surface area contributed by atoms with E-state index in [1.165, 1.54) is 6.92 Å². The summed E-state index contributed by atoms with van der Waals surface area (Å²) in [7, 11) is 0. The Balaban J connectivity index is 1.72. The molecule has 7 nitrogen and oxygen atoms in total. The number of carbonyl (C=O) groups is 3. The van der Waals surface area contributed by atoms with E-state index in [1.54, 1.807) is 16.7 Å². The molecule has 0 aromatic heterocycles. The first-order chi connectivity index (χ1) is 10.5. The van der Waals surface area contributed by atoms with Crippen molar-refractivity contribution in [1.29, 1.82) is 0 Å². The molecule has 1 saturated heterocycles. The number of nitrogens with one attached hydrogen (secondary N) is 1. The van der Waals surface area contributed by atoms with Crippen LogP contribution in [0.5, 0.6) is 0 Å². The van der Waals surface area contributed by atoms with Crippen LogP contribution in [0, 0.1) is 0 Å². The van der Waals surface area contributed by atoms with Crippen LogP contribution in [0.25, 0.3) is 0 Å². The van der Waals surface area contributed by atoms with Gasteiger partial charge in [-0.2, -0.15) is 0 Å². The molecule has 7 heteroatoms. The van der Waals surface area contributed by atoms with E-state index >= 15 is 0 Å². The first kappa shape index (κ1) is 16.6. The highest BCUT2D eigenvalue weighted by atomic mass is 16.6. The Morgan fingerprint density at radius 2 is 1.82 bits per heavy atom. The molecule has 2 aliphatic rings. The van der Waals surface area contributed by atoms with Crippen molar-refractivity contribution in [2.45, 2.75) is 51.6 Å². The molecule has 0 bridgehead atoms. The third kappa shape index (κ3) is 4.61. The predicted octanol–water partition coefficient (Wildman–Crippen LogP) is 0.734. The summed E-state index contributed by atoms with van der Waals surface area (Å²) in [6.07, 6.45) is 3.13. The van der Waals surface area contributed by atoms with Crippen LogP contribution in [0.3, 0.4) is 0 Å². The quantitative estimate of drug-likeness (QED) is 0.812. The molecule has 1 aliphatic heterocycles. The molecule has 1 aliphatic carbocycles. The largest absolute Gasteiger partial charge is 0.450 e. The average molecular weight is 311 g/mol. The summed E-state index contributed by atoms with van der Waals surface area (Å²) in [5.74, 6) is -0.161. The fraction of sp³-hybridized carbons (Fsp3) is 0.800. The van der Waals surface area contributed by atoms with Crippen molar-refractivity contribution >= 4 is 17.9 Å². The molecule has 124 valence electrons. The van der Waals surface area contributed by atoms with Crippen molar-refractivity contribution < 1.29 is 19.1 Å². The van der Waals surface area contributed by atoms with Crippen molar-refractivity contribution in [2.75, 3.05) is 26.2 Å². The van der Waals surface area contributed by atoms with Crippen molar-refractivity contribution in [1.82, 2.24) is 15.1 Å². The maximum atomic E-state index is 12.1. The van der Waals surface area contributed by atoms with Gasteiger partial charge >= 0.3 is 6.09 Å². The second-order valence-electron chi connectivity index (χ2n) is 5.91. The van der Waals surface area contributed by atoms with E-state index in [1.807, 2.05) is 0 Å². The Morgan fingerprint density at radius 1 is 1.18 bits per heavy atom. The smallest absolute Gasteiger partial charge is 0.409 e. The molecule has 0 spiro atoms. The van der Waals surface area contributed by atoms with Gasteiger partial charge < -0.3 is 19.9 Å².